The van der Waals surface area contributed by atoms with Crippen molar-refractivity contribution in [3.8, 4) is 0 Å². The number of rotatable bonds is 0. The van der Waals surface area contributed by atoms with Crippen molar-refractivity contribution < 1.29 is 0 Å². The highest BCUT2D eigenvalue weighted by Gasteiger charge is 2.17. The minimum atomic E-state index is 1.22. The molecule has 15 heavy (non-hydrogen) atoms. The van der Waals surface area contributed by atoms with Crippen molar-refractivity contribution in [2.75, 3.05) is 0 Å². The average molecular weight is 264 g/mol. The largest absolute Gasteiger partial charge is 0.338 e. The summed E-state index contributed by atoms with van der Waals surface area (Å²) in [5, 5.41) is 1.50. The van der Waals surface area contributed by atoms with Gasteiger partial charge in [0, 0.05) is 18.0 Å². The number of halogens is 1. The van der Waals surface area contributed by atoms with E-state index < -0.39 is 0 Å². The third kappa shape index (κ3) is 1.27. The quantitative estimate of drug-likeness (QED) is 0.681. The molecule has 0 unspecified atom stereocenters. The van der Waals surface area contributed by atoms with Gasteiger partial charge in [-0.3, -0.25) is 0 Å². The lowest BCUT2D eigenvalue weighted by Gasteiger charge is -2.02. The van der Waals surface area contributed by atoms with E-state index in [-0.39, 0.29) is 0 Å². The Bertz CT molecular complexity index is 525. The van der Waals surface area contributed by atoms with Crippen LogP contribution >= 0.6 is 15.9 Å². The van der Waals surface area contributed by atoms with Crippen LogP contribution in [0.4, 0.5) is 0 Å². The van der Waals surface area contributed by atoms with Crippen molar-refractivity contribution in [1.29, 1.82) is 0 Å². The lowest BCUT2D eigenvalue weighted by atomic mass is 10.1. The van der Waals surface area contributed by atoms with Crippen LogP contribution in [-0.2, 0) is 19.9 Å². The Morgan fingerprint density at radius 2 is 2.00 bits per heavy atom. The molecule has 2 heteroatoms. The van der Waals surface area contributed by atoms with Gasteiger partial charge in [-0.25, -0.2) is 0 Å². The molecule has 1 heterocycles. The molecule has 0 atom stereocenters. The maximum absolute atomic E-state index is 3.72. The summed E-state index contributed by atoms with van der Waals surface area (Å²) in [6.07, 6.45) is 5.09. The molecular weight excluding hydrogens is 250 g/mol. The summed E-state index contributed by atoms with van der Waals surface area (Å²) in [6.45, 7) is 0. The van der Waals surface area contributed by atoms with E-state index in [0.717, 1.165) is 0 Å². The predicted octanol–water partition coefficient (Wildman–Crippen LogP) is 3.82. The highest BCUT2D eigenvalue weighted by molar-refractivity contribution is 9.10. The second-order valence-electron chi connectivity index (χ2n) is 4.35. The van der Waals surface area contributed by atoms with E-state index in [1.54, 1.807) is 0 Å². The summed E-state index contributed by atoms with van der Waals surface area (Å²) in [5.74, 6) is 0. The van der Waals surface area contributed by atoms with Gasteiger partial charge in [0.25, 0.3) is 0 Å². The van der Waals surface area contributed by atoms with Crippen LogP contribution in [0.15, 0.2) is 22.8 Å². The van der Waals surface area contributed by atoms with Gasteiger partial charge in [-0.2, -0.15) is 0 Å². The molecule has 1 aromatic carbocycles. The van der Waals surface area contributed by atoms with Crippen molar-refractivity contribution in [2.24, 2.45) is 7.05 Å². The lowest BCUT2D eigenvalue weighted by molar-refractivity contribution is 0.745. The number of aromatic nitrogens is 1. The maximum Gasteiger partial charge on any atom is 0.0887 e. The standard InChI is InChI=1S/C13H14BrN/c1-15-11-8-4-6-9-5-2-3-7-10(12(9)11)13(15)14/h4,6,8H,2-3,5,7H2,1H3. The van der Waals surface area contributed by atoms with Gasteiger partial charge < -0.3 is 4.57 Å². The van der Waals surface area contributed by atoms with Crippen LogP contribution in [0.5, 0.6) is 0 Å². The summed E-state index contributed by atoms with van der Waals surface area (Å²) in [6, 6.07) is 6.68. The van der Waals surface area contributed by atoms with Crippen LogP contribution in [0.3, 0.4) is 0 Å². The van der Waals surface area contributed by atoms with Gasteiger partial charge in [0.2, 0.25) is 0 Å². The van der Waals surface area contributed by atoms with Gasteiger partial charge in [0.1, 0.15) is 0 Å². The molecule has 1 aliphatic rings. The minimum Gasteiger partial charge on any atom is -0.338 e. The van der Waals surface area contributed by atoms with Crippen LogP contribution in [0.25, 0.3) is 10.9 Å². The second-order valence-corrected chi connectivity index (χ2v) is 5.10. The molecule has 0 amide bonds. The van der Waals surface area contributed by atoms with Crippen molar-refractivity contribution in [3.05, 3.63) is 33.9 Å². The first-order valence-corrected chi connectivity index (χ1v) is 6.33. The number of nitrogens with zero attached hydrogens (tertiary/aromatic N) is 1. The monoisotopic (exact) mass is 263 g/mol. The van der Waals surface area contributed by atoms with E-state index in [2.05, 4.69) is 45.7 Å². The number of hydrogen-bond donors (Lipinski definition) is 0. The fourth-order valence-electron chi connectivity index (χ4n) is 2.68. The number of hydrogen-bond acceptors (Lipinski definition) is 0. The minimum absolute atomic E-state index is 1.22. The number of aryl methyl sites for hydroxylation is 3. The predicted molar refractivity (Wildman–Crippen MR) is 67.3 cm³/mol. The van der Waals surface area contributed by atoms with Gasteiger partial charge in [0.05, 0.1) is 4.60 Å². The van der Waals surface area contributed by atoms with Crippen LogP contribution in [0, 0.1) is 0 Å². The fourth-order valence-corrected chi connectivity index (χ4v) is 3.27. The van der Waals surface area contributed by atoms with Gasteiger partial charge in [0.15, 0.2) is 0 Å². The molecule has 0 bridgehead atoms. The Balaban J connectivity index is 2.47. The molecule has 1 aliphatic carbocycles. The normalized spacial score (nSPS) is 15.6. The summed E-state index contributed by atoms with van der Waals surface area (Å²) < 4.78 is 3.53. The first kappa shape index (κ1) is 9.46. The van der Waals surface area contributed by atoms with Crippen LogP contribution < -0.4 is 0 Å². The molecule has 0 N–H and O–H groups in total. The van der Waals surface area contributed by atoms with Gasteiger partial charge >= 0.3 is 0 Å². The molecule has 0 fully saturated rings. The molecular formula is C13H14BrN. The van der Waals surface area contributed by atoms with Crippen molar-refractivity contribution in [1.82, 2.24) is 4.57 Å². The van der Waals surface area contributed by atoms with Gasteiger partial charge in [-0.15, -0.1) is 0 Å². The molecule has 1 nitrogen and oxygen atoms in total. The molecule has 2 aromatic rings. The summed E-state index contributed by atoms with van der Waals surface area (Å²) in [4.78, 5) is 0. The lowest BCUT2D eigenvalue weighted by Crippen LogP contribution is -1.90. The molecule has 3 rings (SSSR count). The van der Waals surface area contributed by atoms with E-state index in [1.165, 1.54) is 52.3 Å². The van der Waals surface area contributed by atoms with E-state index in [4.69, 9.17) is 0 Å². The molecule has 0 aliphatic heterocycles. The van der Waals surface area contributed by atoms with Crippen LogP contribution in [0.1, 0.15) is 24.0 Å². The summed E-state index contributed by atoms with van der Waals surface area (Å²) in [5.41, 5.74) is 4.41. The Morgan fingerprint density at radius 3 is 2.87 bits per heavy atom. The zero-order valence-electron chi connectivity index (χ0n) is 8.89. The first-order chi connectivity index (χ1) is 7.29. The zero-order valence-corrected chi connectivity index (χ0v) is 10.5. The first-order valence-electron chi connectivity index (χ1n) is 5.53. The van der Waals surface area contributed by atoms with Gasteiger partial charge in [-0.05, 0) is 58.8 Å². The molecule has 0 radical (unpaired) electrons. The highest BCUT2D eigenvalue weighted by Crippen LogP contribution is 2.35. The molecule has 0 spiro atoms. The van der Waals surface area contributed by atoms with Crippen LogP contribution in [-0.4, -0.2) is 4.57 Å². The Hall–Kier alpha value is -0.760. The summed E-state index contributed by atoms with van der Waals surface area (Å²) >= 11 is 3.72. The molecule has 1 aromatic heterocycles. The van der Waals surface area contributed by atoms with Crippen molar-refractivity contribution in [3.63, 3.8) is 0 Å². The van der Waals surface area contributed by atoms with E-state index in [9.17, 15) is 0 Å². The second kappa shape index (κ2) is 3.38. The number of benzene rings is 1. The van der Waals surface area contributed by atoms with Crippen LogP contribution in [0.2, 0.25) is 0 Å². The SMILES string of the molecule is Cn1c(Br)c2c3c(cccc31)CCCC2. The smallest absolute Gasteiger partial charge is 0.0887 e. The Morgan fingerprint density at radius 1 is 1.20 bits per heavy atom. The zero-order chi connectivity index (χ0) is 10.4. The maximum atomic E-state index is 3.72. The Labute approximate surface area is 98.2 Å². The van der Waals surface area contributed by atoms with Gasteiger partial charge in [-0.1, -0.05) is 12.1 Å². The fraction of sp³-hybridized carbons (Fsp3) is 0.385. The highest BCUT2D eigenvalue weighted by atomic mass is 79.9. The third-order valence-electron chi connectivity index (χ3n) is 3.46. The van der Waals surface area contributed by atoms with Crippen molar-refractivity contribution in [2.45, 2.75) is 25.7 Å². The Kier molecular flexibility index (Phi) is 2.13. The average Bonchev–Trinajstić information content (AvgIpc) is 2.45. The topological polar surface area (TPSA) is 4.93 Å². The summed E-state index contributed by atoms with van der Waals surface area (Å²) in [7, 11) is 2.14. The van der Waals surface area contributed by atoms with Crippen molar-refractivity contribution >= 4 is 26.8 Å². The van der Waals surface area contributed by atoms with E-state index >= 15 is 0 Å². The third-order valence-corrected chi connectivity index (χ3v) is 4.47. The van der Waals surface area contributed by atoms with E-state index in [1.807, 2.05) is 0 Å². The molecule has 0 saturated heterocycles. The van der Waals surface area contributed by atoms with E-state index in [0.29, 0.717) is 0 Å². The molecule has 78 valence electrons. The molecule has 0 saturated carbocycles.